The monoisotopic (exact) mass is 720 g/mol. The molecule has 7 rings (SSSR count). The second-order valence-electron chi connectivity index (χ2n) is 15.0. The zero-order valence-corrected chi connectivity index (χ0v) is 30.1. The van der Waals surface area contributed by atoms with Crippen LogP contribution in [0.3, 0.4) is 0 Å². The number of carbonyl (C=O) groups excluding carboxylic acids is 2. The fourth-order valence-corrected chi connectivity index (χ4v) is 9.61. The number of ether oxygens (including phenoxy) is 6. The molecule has 1 aromatic rings. The fourth-order valence-electron chi connectivity index (χ4n) is 9.61. The fraction of sp³-hybridized carbons (Fsp3) is 0.550. The van der Waals surface area contributed by atoms with Gasteiger partial charge in [0.15, 0.2) is 28.5 Å². The lowest BCUT2D eigenvalue weighted by atomic mass is 9.53. The Morgan fingerprint density at radius 1 is 1.13 bits per heavy atom. The van der Waals surface area contributed by atoms with Crippen LogP contribution >= 0.6 is 0 Å². The Kier molecular flexibility index (Phi) is 9.01. The molecule has 5 fully saturated rings. The molecule has 3 aliphatic carbocycles. The van der Waals surface area contributed by atoms with Crippen molar-refractivity contribution in [2.45, 2.75) is 106 Å². The van der Waals surface area contributed by atoms with Crippen molar-refractivity contribution in [1.82, 2.24) is 0 Å². The van der Waals surface area contributed by atoms with Crippen molar-refractivity contribution in [2.75, 3.05) is 13.7 Å². The summed E-state index contributed by atoms with van der Waals surface area (Å²) in [7, 11) is 1.42. The van der Waals surface area contributed by atoms with Gasteiger partial charge in [-0.3, -0.25) is 4.79 Å². The Morgan fingerprint density at radius 2 is 1.90 bits per heavy atom. The molecule has 12 heteroatoms. The minimum atomic E-state index is -2.46. The highest BCUT2D eigenvalue weighted by Gasteiger charge is 2.90. The third-order valence-corrected chi connectivity index (χ3v) is 12.1. The van der Waals surface area contributed by atoms with E-state index in [0.29, 0.717) is 11.1 Å². The number of carbonyl (C=O) groups is 2. The maximum atomic E-state index is 13.9. The first-order valence-electron chi connectivity index (χ1n) is 18.0. The Bertz CT molecular complexity index is 1780. The van der Waals surface area contributed by atoms with E-state index in [2.05, 4.69) is 13.5 Å². The number of aliphatic hydroxyl groups is 3. The van der Waals surface area contributed by atoms with Crippen LogP contribution in [-0.4, -0.2) is 98.7 Å². The molecule has 3 heterocycles. The van der Waals surface area contributed by atoms with Gasteiger partial charge in [-0.15, -0.1) is 0 Å². The molecule has 280 valence electrons. The largest absolute Gasteiger partial charge is 0.504 e. The normalized spacial score (nSPS) is 42.7. The number of hydrogen-bond acceptors (Lipinski definition) is 12. The van der Waals surface area contributed by atoms with Gasteiger partial charge in [0.05, 0.1) is 19.3 Å². The molecule has 1 aromatic carbocycles. The number of phenols is 1. The number of fused-ring (bicyclic) bond motifs is 3. The van der Waals surface area contributed by atoms with Gasteiger partial charge in [-0.25, -0.2) is 4.79 Å². The minimum Gasteiger partial charge on any atom is -0.504 e. The van der Waals surface area contributed by atoms with Crippen LogP contribution in [0, 0.1) is 17.8 Å². The van der Waals surface area contributed by atoms with Crippen molar-refractivity contribution >= 4 is 17.8 Å². The van der Waals surface area contributed by atoms with E-state index in [-0.39, 0.29) is 17.1 Å². The van der Waals surface area contributed by atoms with Gasteiger partial charge in [0.25, 0.3) is 0 Å². The molecule has 12 nitrogen and oxygen atoms in total. The van der Waals surface area contributed by atoms with E-state index in [1.807, 2.05) is 12.2 Å². The van der Waals surface area contributed by atoms with Crippen molar-refractivity contribution in [3.63, 3.8) is 0 Å². The lowest BCUT2D eigenvalue weighted by Gasteiger charge is -2.61. The van der Waals surface area contributed by atoms with E-state index in [0.717, 1.165) is 25.7 Å². The highest BCUT2D eigenvalue weighted by molar-refractivity contribution is 6.05. The van der Waals surface area contributed by atoms with Gasteiger partial charge in [-0.1, -0.05) is 63.6 Å². The number of hydrogen-bond donors (Lipinski definition) is 4. The number of esters is 1. The summed E-state index contributed by atoms with van der Waals surface area (Å²) >= 11 is 0. The molecule has 3 saturated heterocycles. The zero-order chi connectivity index (χ0) is 37.4. The van der Waals surface area contributed by atoms with Crippen LogP contribution in [0.4, 0.5) is 0 Å². The van der Waals surface area contributed by atoms with Crippen LogP contribution in [0.2, 0.25) is 0 Å². The first-order valence-corrected chi connectivity index (χ1v) is 18.0. The van der Waals surface area contributed by atoms with Crippen LogP contribution in [0.1, 0.15) is 58.9 Å². The standard InChI is InChI=1S/C40H48O12/c1-7-8-9-10-11-12-13-18-37-50-34-30-33-36(21-41,49-33)35(45)38(46)28(19-23(4)31(38)44)40(30,52-37)24(5)32(39(34,51-37)22(2)3)48-29(43)17-15-25-14-16-26(42)27(20-25)47-6/h11-20,24,28,30,32-35,41-42,45-46H,2,7-10,21H2,1,3-6H3/b12-11+,17-15+,18-13+/t24-,28-,30+,32-,33+,34-,35-,36+,37-,38-,39+,40+/m1/s1. The van der Waals surface area contributed by atoms with Gasteiger partial charge >= 0.3 is 11.9 Å². The number of aromatic hydroxyl groups is 1. The predicted molar refractivity (Wildman–Crippen MR) is 187 cm³/mol. The summed E-state index contributed by atoms with van der Waals surface area (Å²) in [6.07, 6.45) is 10.9. The predicted octanol–water partition coefficient (Wildman–Crippen LogP) is 3.82. The van der Waals surface area contributed by atoms with E-state index in [1.54, 1.807) is 51.1 Å². The van der Waals surface area contributed by atoms with Crippen LogP contribution < -0.4 is 4.74 Å². The number of rotatable bonds is 12. The SMILES string of the molecule is C=C(C)[C@@]12O[C@@]3(/C=C/C=C/CCCCC)O[C@@H]1[C@@H]1[C@@H]4O[C@]4(CO)[C@@H](O)[C@]4(O)C(=O)C(C)=C[C@H]4[C@@]1(O3)[C@H](C)[C@H]2OC(=O)/C=C/c1ccc(O)c(OC)c1. The third kappa shape index (κ3) is 4.92. The van der Waals surface area contributed by atoms with Crippen LogP contribution in [0.25, 0.3) is 6.08 Å². The average Bonchev–Trinajstić information content (AvgIpc) is 3.75. The van der Waals surface area contributed by atoms with E-state index in [1.165, 1.54) is 25.3 Å². The topological polar surface area (TPSA) is 174 Å². The zero-order valence-electron chi connectivity index (χ0n) is 30.1. The Labute approximate surface area is 303 Å². The number of methoxy groups -OCH3 is 1. The number of aliphatic hydroxyl groups excluding tert-OH is 2. The smallest absolute Gasteiger partial charge is 0.331 e. The maximum absolute atomic E-state index is 13.9. The van der Waals surface area contributed by atoms with Gasteiger partial charge in [-0.05, 0) is 61.6 Å². The summed E-state index contributed by atoms with van der Waals surface area (Å²) in [5.41, 5.74) is -6.06. The molecule has 3 aliphatic heterocycles. The average molecular weight is 721 g/mol. The molecule has 4 N–H and O–H groups in total. The van der Waals surface area contributed by atoms with Gasteiger partial charge in [-0.2, -0.15) is 0 Å². The lowest BCUT2D eigenvalue weighted by molar-refractivity contribution is -0.407. The van der Waals surface area contributed by atoms with Crippen molar-refractivity contribution in [1.29, 1.82) is 0 Å². The highest BCUT2D eigenvalue weighted by Crippen LogP contribution is 2.73. The molecule has 6 aliphatic rings. The minimum absolute atomic E-state index is 0.0538. The Morgan fingerprint density at radius 3 is 2.60 bits per heavy atom. The third-order valence-electron chi connectivity index (χ3n) is 12.1. The number of allylic oxidation sites excluding steroid dienone is 3. The summed E-state index contributed by atoms with van der Waals surface area (Å²) in [6.45, 7) is 10.8. The molecule has 0 unspecified atom stereocenters. The van der Waals surface area contributed by atoms with E-state index in [4.69, 9.17) is 28.4 Å². The number of benzene rings is 1. The van der Waals surface area contributed by atoms with Gasteiger partial charge in [0, 0.05) is 29.9 Å². The number of Topliss-reactive ketones (excluding diaryl/α,β-unsaturated/α-hetero) is 1. The number of unbranched alkanes of at least 4 members (excludes halogenated alkanes) is 3. The second-order valence-corrected chi connectivity index (χ2v) is 15.0. The van der Waals surface area contributed by atoms with Gasteiger partial charge in [0.1, 0.15) is 30.0 Å². The second kappa shape index (κ2) is 12.8. The van der Waals surface area contributed by atoms with Crippen LogP contribution in [0.5, 0.6) is 11.5 Å². The number of epoxide rings is 1. The molecule has 2 saturated carbocycles. The van der Waals surface area contributed by atoms with Gasteiger partial charge < -0.3 is 48.8 Å². The first-order chi connectivity index (χ1) is 24.7. The summed E-state index contributed by atoms with van der Waals surface area (Å²) < 4.78 is 38.4. The molecule has 3 bridgehead atoms. The Balaban J connectivity index is 1.35. The molecular formula is C40H48O12. The molecular weight excluding hydrogens is 672 g/mol. The van der Waals surface area contributed by atoms with Crippen LogP contribution in [0.15, 0.2) is 72.4 Å². The molecule has 0 spiro atoms. The molecule has 0 radical (unpaired) electrons. The summed E-state index contributed by atoms with van der Waals surface area (Å²) in [5, 5.41) is 45.1. The van der Waals surface area contributed by atoms with Crippen molar-refractivity contribution < 1.29 is 58.4 Å². The summed E-state index contributed by atoms with van der Waals surface area (Å²) in [4.78, 5) is 27.7. The summed E-state index contributed by atoms with van der Waals surface area (Å²) in [5.74, 6) is -6.02. The highest BCUT2D eigenvalue weighted by atomic mass is 16.9. The molecule has 0 amide bonds. The molecule has 12 atom stereocenters. The van der Waals surface area contributed by atoms with E-state index in [9.17, 15) is 30.0 Å². The van der Waals surface area contributed by atoms with Crippen molar-refractivity contribution in [3.8, 4) is 11.5 Å². The quantitative estimate of drug-likeness (QED) is 0.0615. The number of phenolic OH excluding ortho intramolecular Hbond substituents is 1. The van der Waals surface area contributed by atoms with Gasteiger partial charge in [0.2, 0.25) is 0 Å². The maximum Gasteiger partial charge on any atom is 0.331 e. The molecule has 52 heavy (non-hydrogen) atoms. The summed E-state index contributed by atoms with van der Waals surface area (Å²) in [6, 6.07) is 4.62. The lowest BCUT2D eigenvalue weighted by Crippen LogP contribution is -2.76. The van der Waals surface area contributed by atoms with E-state index < -0.39 is 88.9 Å². The first kappa shape index (κ1) is 36.7. The van der Waals surface area contributed by atoms with Crippen LogP contribution in [-0.2, 0) is 33.3 Å². The Hall–Kier alpha value is -3.62. The van der Waals surface area contributed by atoms with Crippen molar-refractivity contribution in [2.24, 2.45) is 17.8 Å². The van der Waals surface area contributed by atoms with Crippen molar-refractivity contribution in [3.05, 3.63) is 77.9 Å². The molecule has 0 aromatic heterocycles. The van der Waals surface area contributed by atoms with E-state index >= 15 is 0 Å². The number of ketones is 1.